The highest BCUT2D eigenvalue weighted by Crippen LogP contribution is 2.26. The molecule has 104 valence electrons. The molecule has 0 bridgehead atoms. The van der Waals surface area contributed by atoms with Crippen LogP contribution in [0.5, 0.6) is 5.75 Å². The Hall–Kier alpha value is -1.21. The zero-order chi connectivity index (χ0) is 14.3. The van der Waals surface area contributed by atoms with Crippen LogP contribution in [0.15, 0.2) is 22.7 Å². The number of carbonyl (C=O) groups is 1. The van der Waals surface area contributed by atoms with Gasteiger partial charge in [-0.25, -0.2) is 4.79 Å². The Kier molecular flexibility index (Phi) is 6.72. The first-order valence-electron chi connectivity index (χ1n) is 5.56. The summed E-state index contributed by atoms with van der Waals surface area (Å²) in [5.74, 6) is 0.688. The highest BCUT2D eigenvalue weighted by molar-refractivity contribution is 9.10. The van der Waals surface area contributed by atoms with Crippen molar-refractivity contribution in [3.8, 4) is 5.75 Å². The summed E-state index contributed by atoms with van der Waals surface area (Å²) in [4.78, 5) is 11.2. The maximum absolute atomic E-state index is 11.2. The molecule has 0 radical (unpaired) electrons. The number of thioether (sulfide) groups is 1. The van der Waals surface area contributed by atoms with Gasteiger partial charge in [0.2, 0.25) is 0 Å². The zero-order valence-corrected chi connectivity index (χ0v) is 12.8. The first-order valence-corrected chi connectivity index (χ1v) is 7.34. The Morgan fingerprint density at radius 3 is 2.89 bits per heavy atom. The fourth-order valence-electron chi connectivity index (χ4n) is 1.30. The van der Waals surface area contributed by atoms with Gasteiger partial charge in [0, 0.05) is 15.8 Å². The molecule has 0 aliphatic carbocycles. The Labute approximate surface area is 124 Å². The van der Waals surface area contributed by atoms with Crippen molar-refractivity contribution < 1.29 is 14.3 Å². The van der Waals surface area contributed by atoms with Crippen LogP contribution in [0.4, 0.5) is 0 Å². The average molecular weight is 347 g/mol. The molecular formula is C12H15BrN2O3S. The molecule has 7 heteroatoms. The van der Waals surface area contributed by atoms with Crippen molar-refractivity contribution in [3.05, 3.63) is 28.2 Å². The third-order valence-corrected chi connectivity index (χ3v) is 3.32. The lowest BCUT2D eigenvalue weighted by Gasteiger charge is -2.11. The van der Waals surface area contributed by atoms with Crippen LogP contribution in [-0.4, -0.2) is 24.4 Å². The number of carbonyl (C=O) groups excluding carboxylic acids is 1. The summed E-state index contributed by atoms with van der Waals surface area (Å²) in [6.07, 6.45) is 0. The number of ether oxygens (including phenoxy) is 2. The maximum atomic E-state index is 11.2. The Bertz CT molecular complexity index is 468. The third kappa shape index (κ3) is 5.98. The van der Waals surface area contributed by atoms with Gasteiger partial charge >= 0.3 is 5.97 Å². The van der Waals surface area contributed by atoms with E-state index in [9.17, 15) is 4.79 Å². The average Bonchev–Trinajstić information content (AvgIpc) is 2.35. The quantitative estimate of drug-likeness (QED) is 0.469. The monoisotopic (exact) mass is 346 g/mol. The summed E-state index contributed by atoms with van der Waals surface area (Å²) in [5, 5.41) is 7.25. The molecule has 0 aromatic heterocycles. The van der Waals surface area contributed by atoms with E-state index in [0.29, 0.717) is 18.1 Å². The van der Waals surface area contributed by atoms with Crippen molar-refractivity contribution in [2.75, 3.05) is 13.2 Å². The van der Waals surface area contributed by atoms with Crippen LogP contribution in [0.1, 0.15) is 12.5 Å². The van der Waals surface area contributed by atoms with Crippen molar-refractivity contribution in [1.29, 1.82) is 5.41 Å². The summed E-state index contributed by atoms with van der Waals surface area (Å²) in [5.41, 5.74) is 6.17. The van der Waals surface area contributed by atoms with Gasteiger partial charge < -0.3 is 15.2 Å². The fourth-order valence-corrected chi connectivity index (χ4v) is 2.24. The van der Waals surface area contributed by atoms with E-state index in [1.54, 1.807) is 13.0 Å². The fraction of sp³-hybridized carbons (Fsp3) is 0.333. The number of benzene rings is 1. The topological polar surface area (TPSA) is 85.4 Å². The summed E-state index contributed by atoms with van der Waals surface area (Å²) in [6, 6.07) is 5.46. The summed E-state index contributed by atoms with van der Waals surface area (Å²) in [6.45, 7) is 1.94. The molecule has 0 aliphatic heterocycles. The van der Waals surface area contributed by atoms with Gasteiger partial charge in [-0.1, -0.05) is 27.7 Å². The van der Waals surface area contributed by atoms with Crippen LogP contribution >= 0.6 is 27.7 Å². The standard InChI is InChI=1S/C12H15BrN2O3S/c1-2-17-11(16)6-18-10-4-3-9(13)5-8(10)7-19-12(14)15/h3-5H,2,6-7H2,1H3,(H3,14,15). The summed E-state index contributed by atoms with van der Waals surface area (Å²) >= 11 is 4.56. The third-order valence-electron chi connectivity index (χ3n) is 2.06. The minimum Gasteiger partial charge on any atom is -0.482 e. The lowest BCUT2D eigenvalue weighted by Crippen LogP contribution is -2.15. The summed E-state index contributed by atoms with van der Waals surface area (Å²) in [7, 11) is 0. The second kappa shape index (κ2) is 8.06. The molecule has 0 unspecified atom stereocenters. The van der Waals surface area contributed by atoms with Gasteiger partial charge in [0.25, 0.3) is 0 Å². The number of halogens is 1. The molecule has 0 aliphatic rings. The smallest absolute Gasteiger partial charge is 0.344 e. The number of nitrogens with one attached hydrogen (secondary N) is 1. The molecule has 19 heavy (non-hydrogen) atoms. The van der Waals surface area contributed by atoms with E-state index < -0.39 is 5.97 Å². The number of esters is 1. The highest BCUT2D eigenvalue weighted by Gasteiger charge is 2.09. The van der Waals surface area contributed by atoms with Crippen molar-refractivity contribution in [2.45, 2.75) is 12.7 Å². The molecule has 0 fully saturated rings. The first kappa shape index (κ1) is 15.8. The van der Waals surface area contributed by atoms with E-state index in [1.807, 2.05) is 12.1 Å². The van der Waals surface area contributed by atoms with Gasteiger partial charge in [-0.15, -0.1) is 0 Å². The number of nitrogens with two attached hydrogens (primary N) is 1. The number of amidine groups is 1. The molecule has 3 N–H and O–H groups in total. The minimum absolute atomic E-state index is 0.0383. The molecule has 0 saturated carbocycles. The number of hydrogen-bond donors (Lipinski definition) is 2. The first-order chi connectivity index (χ1) is 9.02. The molecule has 0 atom stereocenters. The van der Waals surface area contributed by atoms with Gasteiger partial charge in [-0.3, -0.25) is 5.41 Å². The normalized spacial score (nSPS) is 10.0. The van der Waals surface area contributed by atoms with E-state index in [-0.39, 0.29) is 11.8 Å². The molecule has 0 amide bonds. The van der Waals surface area contributed by atoms with E-state index in [4.69, 9.17) is 20.6 Å². The maximum Gasteiger partial charge on any atom is 0.344 e. The molecule has 0 spiro atoms. The Balaban J connectivity index is 2.70. The highest BCUT2D eigenvalue weighted by atomic mass is 79.9. The summed E-state index contributed by atoms with van der Waals surface area (Å²) < 4.78 is 11.1. The SMILES string of the molecule is CCOC(=O)COc1ccc(Br)cc1CSC(=N)N. The van der Waals surface area contributed by atoms with Crippen molar-refractivity contribution in [3.63, 3.8) is 0 Å². The predicted molar refractivity (Wildman–Crippen MR) is 79.5 cm³/mol. The van der Waals surface area contributed by atoms with Gasteiger partial charge in [-0.05, 0) is 25.1 Å². The van der Waals surface area contributed by atoms with Crippen LogP contribution in [0, 0.1) is 5.41 Å². The second-order valence-electron chi connectivity index (χ2n) is 3.50. The van der Waals surface area contributed by atoms with Crippen LogP contribution in [0.25, 0.3) is 0 Å². The van der Waals surface area contributed by atoms with Gasteiger partial charge in [0.1, 0.15) is 5.75 Å². The number of rotatable bonds is 6. The lowest BCUT2D eigenvalue weighted by molar-refractivity contribution is -0.145. The van der Waals surface area contributed by atoms with Crippen molar-refractivity contribution in [2.24, 2.45) is 5.73 Å². The van der Waals surface area contributed by atoms with Gasteiger partial charge in [-0.2, -0.15) is 0 Å². The molecule has 0 saturated heterocycles. The van der Waals surface area contributed by atoms with E-state index in [1.165, 1.54) is 11.8 Å². The van der Waals surface area contributed by atoms with Crippen LogP contribution < -0.4 is 10.5 Å². The van der Waals surface area contributed by atoms with Crippen LogP contribution in [-0.2, 0) is 15.3 Å². The minimum atomic E-state index is -0.407. The largest absolute Gasteiger partial charge is 0.482 e. The van der Waals surface area contributed by atoms with Gasteiger partial charge in [0.05, 0.1) is 6.61 Å². The molecule has 0 heterocycles. The van der Waals surface area contributed by atoms with Crippen molar-refractivity contribution in [1.82, 2.24) is 0 Å². The van der Waals surface area contributed by atoms with E-state index >= 15 is 0 Å². The van der Waals surface area contributed by atoms with Crippen LogP contribution in [0.3, 0.4) is 0 Å². The molecule has 1 rings (SSSR count). The van der Waals surface area contributed by atoms with Gasteiger partial charge in [0.15, 0.2) is 11.8 Å². The van der Waals surface area contributed by atoms with Crippen molar-refractivity contribution >= 4 is 38.8 Å². The Morgan fingerprint density at radius 2 is 2.26 bits per heavy atom. The number of hydrogen-bond acceptors (Lipinski definition) is 5. The molecule has 1 aromatic rings. The zero-order valence-electron chi connectivity index (χ0n) is 10.4. The van der Waals surface area contributed by atoms with E-state index in [2.05, 4.69) is 15.9 Å². The van der Waals surface area contributed by atoms with E-state index in [0.717, 1.165) is 10.0 Å². The molecule has 5 nitrogen and oxygen atoms in total. The molecular weight excluding hydrogens is 332 g/mol. The van der Waals surface area contributed by atoms with Crippen LogP contribution in [0.2, 0.25) is 0 Å². The lowest BCUT2D eigenvalue weighted by atomic mass is 10.2. The second-order valence-corrected chi connectivity index (χ2v) is 5.43. The Morgan fingerprint density at radius 1 is 1.53 bits per heavy atom. The predicted octanol–water partition coefficient (Wildman–Crippen LogP) is 2.52. The molecule has 1 aromatic carbocycles.